The molecule has 49 heavy (non-hydrogen) atoms. The Morgan fingerprint density at radius 2 is 0.510 bits per heavy atom. The molecule has 0 saturated carbocycles. The first-order valence-electron chi connectivity index (χ1n) is 16.1. The van der Waals surface area contributed by atoms with Crippen LogP contribution in [0.3, 0.4) is 0 Å². The Labute approximate surface area is 289 Å². The second-order valence-electron chi connectivity index (χ2n) is 13.7. The molecule has 0 atom stereocenters. The maximum atomic E-state index is 14.0. The highest BCUT2D eigenvalue weighted by molar-refractivity contribution is 6.55. The lowest BCUT2D eigenvalue weighted by Crippen LogP contribution is -2.66. The molecule has 0 saturated heterocycles. The summed E-state index contributed by atoms with van der Waals surface area (Å²) in [5, 5.41) is 0. The number of hydrogen-bond acceptors (Lipinski definition) is 8. The highest BCUT2D eigenvalue weighted by atomic mass is 28.4. The van der Waals surface area contributed by atoms with Crippen molar-refractivity contribution in [3.8, 4) is 0 Å². The molecule has 0 aliphatic heterocycles. The van der Waals surface area contributed by atoms with Crippen molar-refractivity contribution in [2.75, 3.05) is 0 Å². The van der Waals surface area contributed by atoms with Gasteiger partial charge in [0.2, 0.25) is 0 Å². The van der Waals surface area contributed by atoms with Gasteiger partial charge in [0, 0.05) is 22.3 Å². The van der Waals surface area contributed by atoms with Crippen molar-refractivity contribution in [2.45, 2.75) is 77.8 Å². The molecule has 0 aliphatic carbocycles. The molecule has 0 heterocycles. The molecular formula is C40H44O8Si. The van der Waals surface area contributed by atoms with Gasteiger partial charge in [-0.3, -0.25) is 19.2 Å². The number of rotatable bonds is 16. The molecule has 0 amide bonds. The summed E-state index contributed by atoms with van der Waals surface area (Å²) in [6, 6.07) is 34.1. The van der Waals surface area contributed by atoms with Crippen LogP contribution in [0.4, 0.5) is 0 Å². The first kappa shape index (κ1) is 37.4. The molecule has 4 aromatic rings. The molecule has 9 heteroatoms. The van der Waals surface area contributed by atoms with Crippen molar-refractivity contribution in [3.63, 3.8) is 0 Å². The maximum Gasteiger partial charge on any atom is 0.682 e. The van der Waals surface area contributed by atoms with E-state index in [2.05, 4.69) is 0 Å². The van der Waals surface area contributed by atoms with Crippen LogP contribution < -0.4 is 0 Å². The van der Waals surface area contributed by atoms with E-state index in [1.54, 1.807) is 121 Å². The minimum atomic E-state index is -5.00. The number of carbonyl (C=O) groups excluding carboxylic acids is 4. The Bertz CT molecular complexity index is 1500. The topological polar surface area (TPSA) is 105 Å². The third-order valence-corrected chi connectivity index (χ3v) is 10.9. The maximum absolute atomic E-state index is 14.0. The van der Waals surface area contributed by atoms with Gasteiger partial charge in [-0.15, -0.1) is 0 Å². The molecular weight excluding hydrogens is 637 g/mol. The Morgan fingerprint density at radius 1 is 0.347 bits per heavy atom. The van der Waals surface area contributed by atoms with Crippen LogP contribution in [-0.2, 0) is 17.7 Å². The monoisotopic (exact) mass is 680 g/mol. The van der Waals surface area contributed by atoms with Crippen molar-refractivity contribution < 1.29 is 36.9 Å². The third kappa shape index (κ3) is 9.00. The number of Topliss-reactive ketones (excluding diaryl/α,β-unsaturated/α-hetero) is 4. The number of carbonyl (C=O) groups is 4. The normalized spacial score (nSPS) is 12.7. The molecule has 0 aliphatic rings. The summed E-state index contributed by atoms with van der Waals surface area (Å²) in [7, 11) is -5.00. The van der Waals surface area contributed by atoms with Gasteiger partial charge in [0.15, 0.2) is 23.1 Å². The first-order chi connectivity index (χ1) is 22.9. The van der Waals surface area contributed by atoms with E-state index < -0.39 is 54.6 Å². The predicted octanol–water partition coefficient (Wildman–Crippen LogP) is 8.13. The van der Waals surface area contributed by atoms with Crippen LogP contribution in [0.1, 0.15) is 96.8 Å². The SMILES string of the molecule is CC(C)(O[Si](OC(C)(C)C(=O)c1ccccc1)(OC(C)(C)C(=O)c1ccccc1)OC(C)(C)C(=O)c1ccccc1)C(=O)c1ccccc1. The van der Waals surface area contributed by atoms with Crippen molar-refractivity contribution >= 4 is 32.2 Å². The van der Waals surface area contributed by atoms with Gasteiger partial charge in [-0.1, -0.05) is 121 Å². The van der Waals surface area contributed by atoms with Crippen LogP contribution in [-0.4, -0.2) is 54.6 Å². The molecule has 8 nitrogen and oxygen atoms in total. The summed E-state index contributed by atoms with van der Waals surface area (Å²) in [4.78, 5) is 56.1. The quantitative estimate of drug-likeness (QED) is 0.0863. The van der Waals surface area contributed by atoms with Crippen molar-refractivity contribution in [3.05, 3.63) is 144 Å². The predicted molar refractivity (Wildman–Crippen MR) is 189 cm³/mol. The standard InChI is InChI=1S/C40H44O8Si/c1-37(2,33(41)29-21-13-9-14-22-29)45-49(46-38(3,4)34(42)30-23-15-10-16-24-30,47-39(5,6)35(43)31-25-17-11-18-26-31)48-40(7,8)36(44)32-27-19-12-20-28-32/h9-28H,1-8H3. The lowest BCUT2D eigenvalue weighted by atomic mass is 9.97. The zero-order valence-corrected chi connectivity index (χ0v) is 30.3. The van der Waals surface area contributed by atoms with Crippen molar-refractivity contribution in [1.82, 2.24) is 0 Å². The summed E-state index contributed by atoms with van der Waals surface area (Å²) in [5.74, 6) is -1.75. The van der Waals surface area contributed by atoms with E-state index in [0.717, 1.165) is 0 Å². The second-order valence-corrected chi connectivity index (χ2v) is 15.5. The van der Waals surface area contributed by atoms with Crippen LogP contribution in [0.25, 0.3) is 0 Å². The van der Waals surface area contributed by atoms with Gasteiger partial charge < -0.3 is 17.7 Å². The smallest absolute Gasteiger partial charge is 0.338 e. The number of ketones is 4. The molecule has 0 aromatic heterocycles. The first-order valence-corrected chi connectivity index (χ1v) is 17.7. The fourth-order valence-corrected chi connectivity index (χ4v) is 8.43. The fourth-order valence-electron chi connectivity index (χ4n) is 5.31. The number of hydrogen-bond donors (Lipinski definition) is 0. The highest BCUT2D eigenvalue weighted by Crippen LogP contribution is 2.37. The molecule has 0 radical (unpaired) electrons. The van der Waals surface area contributed by atoms with Gasteiger partial charge in [-0.2, -0.15) is 0 Å². The van der Waals surface area contributed by atoms with Gasteiger partial charge in [-0.05, 0) is 55.4 Å². The molecule has 0 bridgehead atoms. The summed E-state index contributed by atoms with van der Waals surface area (Å²) < 4.78 is 26.7. The van der Waals surface area contributed by atoms with Crippen molar-refractivity contribution in [1.29, 1.82) is 0 Å². The van der Waals surface area contributed by atoms with Crippen LogP contribution in [0.15, 0.2) is 121 Å². The van der Waals surface area contributed by atoms with E-state index in [-0.39, 0.29) is 0 Å². The van der Waals surface area contributed by atoms with Crippen molar-refractivity contribution in [2.24, 2.45) is 0 Å². The van der Waals surface area contributed by atoms with Crippen LogP contribution >= 0.6 is 0 Å². The Balaban J connectivity index is 1.91. The Hall–Kier alpha value is -4.38. The third-order valence-electron chi connectivity index (χ3n) is 7.85. The second kappa shape index (κ2) is 14.6. The molecule has 0 spiro atoms. The van der Waals surface area contributed by atoms with Gasteiger partial charge in [0.1, 0.15) is 22.4 Å². The van der Waals surface area contributed by atoms with E-state index in [0.29, 0.717) is 22.3 Å². The Morgan fingerprint density at radius 3 is 0.673 bits per heavy atom. The minimum absolute atomic E-state index is 0.342. The van der Waals surface area contributed by atoms with E-state index in [1.165, 1.54) is 55.4 Å². The lowest BCUT2D eigenvalue weighted by molar-refractivity contribution is -0.139. The molecule has 4 aromatic carbocycles. The Kier molecular flexibility index (Phi) is 11.2. The summed E-state index contributed by atoms with van der Waals surface area (Å²) >= 11 is 0. The molecule has 0 unspecified atom stereocenters. The van der Waals surface area contributed by atoms with Crippen LogP contribution in [0, 0.1) is 0 Å². The van der Waals surface area contributed by atoms with E-state index >= 15 is 0 Å². The number of benzene rings is 4. The van der Waals surface area contributed by atoms with Gasteiger partial charge in [0.05, 0.1) is 0 Å². The molecule has 256 valence electrons. The summed E-state index contributed by atoms with van der Waals surface area (Å²) in [6.45, 7) is 12.3. The van der Waals surface area contributed by atoms with Gasteiger partial charge in [-0.25, -0.2) is 0 Å². The molecule has 0 N–H and O–H groups in total. The van der Waals surface area contributed by atoms with Gasteiger partial charge in [0.25, 0.3) is 0 Å². The largest absolute Gasteiger partial charge is 0.682 e. The molecule has 0 fully saturated rings. The summed E-state index contributed by atoms with van der Waals surface area (Å²) in [5.41, 5.74) is -5.42. The zero-order chi connectivity index (χ0) is 36.1. The lowest BCUT2D eigenvalue weighted by Gasteiger charge is -2.45. The average molecular weight is 681 g/mol. The summed E-state index contributed by atoms with van der Waals surface area (Å²) in [6.07, 6.45) is 0. The van der Waals surface area contributed by atoms with Gasteiger partial charge >= 0.3 is 9.05 Å². The highest BCUT2D eigenvalue weighted by Gasteiger charge is 2.62. The fraction of sp³-hybridized carbons (Fsp3) is 0.300. The van der Waals surface area contributed by atoms with E-state index in [9.17, 15) is 19.2 Å². The zero-order valence-electron chi connectivity index (χ0n) is 29.3. The van der Waals surface area contributed by atoms with E-state index in [4.69, 9.17) is 17.7 Å². The van der Waals surface area contributed by atoms with Crippen LogP contribution in [0.5, 0.6) is 0 Å². The average Bonchev–Trinajstić information content (AvgIpc) is 3.07. The minimum Gasteiger partial charge on any atom is -0.338 e. The van der Waals surface area contributed by atoms with E-state index in [1.807, 2.05) is 0 Å². The van der Waals surface area contributed by atoms with Crippen LogP contribution in [0.2, 0.25) is 0 Å². The molecule has 4 rings (SSSR count).